The summed E-state index contributed by atoms with van der Waals surface area (Å²) >= 11 is 0. The van der Waals surface area contributed by atoms with Crippen LogP contribution in [0.15, 0.2) is 48.7 Å². The molecule has 1 aliphatic rings. The van der Waals surface area contributed by atoms with Crippen LogP contribution in [-0.2, 0) is 25.6 Å². The molecule has 0 saturated carbocycles. The number of rotatable bonds is 13. The standard InChI is InChI=1S/C41H52N8O7/c1-8-29(50)22-48(38(51)35(24(2)3)46-40(53)55-6)23-34-43-30-18-15-27(20-31(30)44-34)12-11-26-13-16-28(17-14-26)32-21-42-37(45-32)33-10-9-19-49(33)39(52)36(25(4)5)47-41(54)56-7/h13-18,20-21,24-25,29,33,35-36,50H,8-10,19,22-23H2,1-7H3,(H,42,45)(H,43,44)(H,46,53)(H,47,54)/t29-,33+,35+,36+/m1/s1. The number of nitrogens with zero attached hydrogens (tertiary/aromatic N) is 4. The predicted octanol–water partition coefficient (Wildman–Crippen LogP) is 4.88. The van der Waals surface area contributed by atoms with E-state index in [1.807, 2.05) is 77.1 Å². The van der Waals surface area contributed by atoms with Crippen molar-refractivity contribution in [1.29, 1.82) is 0 Å². The number of carbonyl (C=O) groups is 4. The Bertz CT molecular complexity index is 2060. The van der Waals surface area contributed by atoms with Crippen molar-refractivity contribution in [2.75, 3.05) is 27.3 Å². The van der Waals surface area contributed by atoms with Gasteiger partial charge in [-0.2, -0.15) is 0 Å². The highest BCUT2D eigenvalue weighted by Crippen LogP contribution is 2.33. The Morgan fingerprint density at radius 1 is 0.946 bits per heavy atom. The first-order valence-electron chi connectivity index (χ1n) is 18.9. The first-order chi connectivity index (χ1) is 26.8. The minimum atomic E-state index is -0.842. The fourth-order valence-electron chi connectivity index (χ4n) is 6.63. The van der Waals surface area contributed by atoms with Crippen molar-refractivity contribution in [1.82, 2.24) is 40.4 Å². The lowest BCUT2D eigenvalue weighted by atomic mass is 10.0. The average Bonchev–Trinajstić information content (AvgIpc) is 3.97. The first-order valence-corrected chi connectivity index (χ1v) is 18.9. The molecule has 4 amide bonds. The average molecular weight is 769 g/mol. The number of likely N-dealkylation sites (tertiary alicyclic amines) is 1. The van der Waals surface area contributed by atoms with Gasteiger partial charge in [-0.05, 0) is 67.0 Å². The number of hydrogen-bond acceptors (Lipinski definition) is 9. The molecule has 0 bridgehead atoms. The number of hydrogen-bond donors (Lipinski definition) is 5. The molecule has 298 valence electrons. The predicted molar refractivity (Wildman–Crippen MR) is 210 cm³/mol. The van der Waals surface area contributed by atoms with Crippen LogP contribution in [-0.4, -0.2) is 104 Å². The van der Waals surface area contributed by atoms with Gasteiger partial charge in [0, 0.05) is 24.2 Å². The van der Waals surface area contributed by atoms with Crippen molar-refractivity contribution in [3.8, 4) is 23.1 Å². The topological polar surface area (TPSA) is 195 Å². The van der Waals surface area contributed by atoms with Crippen LogP contribution < -0.4 is 10.6 Å². The van der Waals surface area contributed by atoms with Crippen LogP contribution in [0.3, 0.4) is 0 Å². The number of imidazole rings is 2. The van der Waals surface area contributed by atoms with Crippen LogP contribution in [0.4, 0.5) is 9.59 Å². The number of nitrogens with one attached hydrogen (secondary N) is 4. The molecule has 0 spiro atoms. The third kappa shape index (κ3) is 10.0. The molecule has 2 aromatic heterocycles. The fourth-order valence-corrected chi connectivity index (χ4v) is 6.63. The van der Waals surface area contributed by atoms with Gasteiger partial charge in [0.25, 0.3) is 0 Å². The van der Waals surface area contributed by atoms with Crippen LogP contribution in [0, 0.1) is 23.7 Å². The molecule has 5 rings (SSSR count). The summed E-state index contributed by atoms with van der Waals surface area (Å²) in [5, 5.41) is 15.7. The lowest BCUT2D eigenvalue weighted by molar-refractivity contribution is -0.137. The molecule has 3 heterocycles. The number of H-pyrrole nitrogens is 2. The Kier molecular flexibility index (Phi) is 13.7. The van der Waals surface area contributed by atoms with Crippen LogP contribution in [0.1, 0.15) is 82.7 Å². The second-order valence-electron chi connectivity index (χ2n) is 14.6. The molecule has 1 fully saturated rings. The summed E-state index contributed by atoms with van der Waals surface area (Å²) in [6, 6.07) is 11.7. The molecule has 4 atom stereocenters. The Morgan fingerprint density at radius 3 is 2.23 bits per heavy atom. The van der Waals surface area contributed by atoms with Gasteiger partial charge in [-0.25, -0.2) is 19.6 Å². The van der Waals surface area contributed by atoms with E-state index in [9.17, 15) is 24.3 Å². The minimum absolute atomic E-state index is 0.0755. The largest absolute Gasteiger partial charge is 0.453 e. The molecule has 4 aromatic rings. The zero-order valence-corrected chi connectivity index (χ0v) is 33.0. The van der Waals surface area contributed by atoms with E-state index < -0.39 is 30.4 Å². The number of ether oxygens (including phenoxy) is 2. The van der Waals surface area contributed by atoms with E-state index in [-0.39, 0.29) is 42.8 Å². The highest BCUT2D eigenvalue weighted by Gasteiger charge is 2.37. The molecule has 0 unspecified atom stereocenters. The van der Waals surface area contributed by atoms with Crippen molar-refractivity contribution >= 4 is 35.0 Å². The molecular formula is C41H52N8O7. The van der Waals surface area contributed by atoms with Gasteiger partial charge in [-0.1, -0.05) is 58.6 Å². The van der Waals surface area contributed by atoms with Crippen molar-refractivity contribution in [2.45, 2.75) is 84.7 Å². The number of amides is 4. The zero-order chi connectivity index (χ0) is 40.5. The third-order valence-corrected chi connectivity index (χ3v) is 9.86. The Balaban J connectivity index is 1.27. The van der Waals surface area contributed by atoms with Gasteiger partial charge < -0.3 is 45.0 Å². The Morgan fingerprint density at radius 2 is 1.59 bits per heavy atom. The number of aliphatic hydroxyl groups is 1. The van der Waals surface area contributed by atoms with E-state index >= 15 is 0 Å². The second kappa shape index (κ2) is 18.6. The van der Waals surface area contributed by atoms with Gasteiger partial charge in [0.2, 0.25) is 11.8 Å². The van der Waals surface area contributed by atoms with Crippen molar-refractivity contribution in [2.24, 2.45) is 11.8 Å². The number of aromatic amines is 2. The van der Waals surface area contributed by atoms with Gasteiger partial charge >= 0.3 is 12.2 Å². The van der Waals surface area contributed by atoms with E-state index in [0.29, 0.717) is 30.1 Å². The summed E-state index contributed by atoms with van der Waals surface area (Å²) in [4.78, 5) is 70.3. The van der Waals surface area contributed by atoms with Crippen LogP contribution in [0.25, 0.3) is 22.3 Å². The number of alkyl carbamates (subject to hydrolysis) is 2. The second-order valence-corrected chi connectivity index (χ2v) is 14.6. The van der Waals surface area contributed by atoms with E-state index in [1.165, 1.54) is 19.1 Å². The summed E-state index contributed by atoms with van der Waals surface area (Å²) in [5.41, 5.74) is 4.76. The monoisotopic (exact) mass is 768 g/mol. The van der Waals surface area contributed by atoms with Gasteiger partial charge in [0.15, 0.2) is 0 Å². The maximum absolute atomic E-state index is 13.6. The highest BCUT2D eigenvalue weighted by atomic mass is 16.5. The molecular weight excluding hydrogens is 716 g/mol. The van der Waals surface area contributed by atoms with Crippen LogP contribution in [0.5, 0.6) is 0 Å². The summed E-state index contributed by atoms with van der Waals surface area (Å²) in [6.45, 7) is 10.0. The van der Waals surface area contributed by atoms with Crippen LogP contribution >= 0.6 is 0 Å². The van der Waals surface area contributed by atoms with Gasteiger partial charge in [0.05, 0.1) is 55.8 Å². The van der Waals surface area contributed by atoms with E-state index in [2.05, 4.69) is 42.4 Å². The smallest absolute Gasteiger partial charge is 0.407 e. The summed E-state index contributed by atoms with van der Waals surface area (Å²) in [7, 11) is 2.52. The van der Waals surface area contributed by atoms with Gasteiger partial charge in [-0.15, -0.1) is 0 Å². The molecule has 56 heavy (non-hydrogen) atoms. The van der Waals surface area contributed by atoms with Crippen molar-refractivity contribution < 1.29 is 33.8 Å². The number of fused-ring (bicyclic) bond motifs is 1. The first kappa shape index (κ1) is 41.3. The zero-order valence-electron chi connectivity index (χ0n) is 33.0. The maximum Gasteiger partial charge on any atom is 0.407 e. The lowest BCUT2D eigenvalue weighted by Gasteiger charge is -2.30. The van der Waals surface area contributed by atoms with Crippen molar-refractivity contribution in [3.63, 3.8) is 0 Å². The lowest BCUT2D eigenvalue weighted by Crippen LogP contribution is -2.52. The highest BCUT2D eigenvalue weighted by molar-refractivity contribution is 5.87. The molecule has 15 heteroatoms. The molecule has 1 saturated heterocycles. The minimum Gasteiger partial charge on any atom is -0.453 e. The summed E-state index contributed by atoms with van der Waals surface area (Å²) in [5.74, 6) is 6.82. The molecule has 1 aliphatic heterocycles. The number of methoxy groups -OCH3 is 2. The van der Waals surface area contributed by atoms with Crippen LogP contribution in [0.2, 0.25) is 0 Å². The summed E-state index contributed by atoms with van der Waals surface area (Å²) < 4.78 is 9.47. The van der Waals surface area contributed by atoms with Crippen molar-refractivity contribution in [3.05, 3.63) is 71.4 Å². The fraction of sp³-hybridized carbons (Fsp3) is 0.463. The number of aromatic nitrogens is 4. The summed E-state index contributed by atoms with van der Waals surface area (Å²) in [6.07, 6.45) is 1.72. The normalized spacial score (nSPS) is 15.5. The van der Waals surface area contributed by atoms with Gasteiger partial charge in [-0.3, -0.25) is 9.59 Å². The van der Waals surface area contributed by atoms with E-state index in [4.69, 9.17) is 9.47 Å². The Labute approximate surface area is 326 Å². The third-order valence-electron chi connectivity index (χ3n) is 9.86. The maximum atomic E-state index is 13.6. The molecule has 0 aliphatic carbocycles. The molecule has 5 N–H and O–H groups in total. The van der Waals surface area contributed by atoms with E-state index in [0.717, 1.165) is 40.7 Å². The number of benzene rings is 2. The Hall–Kier alpha value is -5.88. The molecule has 15 nitrogen and oxygen atoms in total. The molecule has 0 radical (unpaired) electrons. The number of aliphatic hydroxyl groups excluding tert-OH is 1. The quantitative estimate of drug-likeness (QED) is 0.118. The SMILES string of the molecule is CC[C@@H](O)CN(Cc1nc2ccc(C#Cc3ccc(-c4cnc([C@@H]5CCCN5C(=O)[C@@H](NC(=O)OC)C(C)C)[nH]4)cc3)cc2[nH]1)C(=O)[C@@H](NC(=O)OC)C(C)C. The molecule has 2 aromatic carbocycles. The van der Waals surface area contributed by atoms with Gasteiger partial charge in [0.1, 0.15) is 23.7 Å². The van der Waals surface area contributed by atoms with E-state index in [1.54, 1.807) is 11.1 Å². The number of carbonyl (C=O) groups excluding carboxylic acids is 4.